The first kappa shape index (κ1) is 19.8. The van der Waals surface area contributed by atoms with Crippen molar-refractivity contribution in [2.75, 3.05) is 11.1 Å². The summed E-state index contributed by atoms with van der Waals surface area (Å²) in [7, 11) is 0. The van der Waals surface area contributed by atoms with Crippen molar-refractivity contribution in [3.05, 3.63) is 59.2 Å². The van der Waals surface area contributed by atoms with E-state index in [1.54, 1.807) is 35.9 Å². The summed E-state index contributed by atoms with van der Waals surface area (Å²) >= 11 is 1.29. The summed E-state index contributed by atoms with van der Waals surface area (Å²) in [5, 5.41) is 15.1. The van der Waals surface area contributed by atoms with Crippen molar-refractivity contribution < 1.29 is 9.59 Å². The number of aromatic nitrogens is 4. The average molecular weight is 395 g/mol. The van der Waals surface area contributed by atoms with Gasteiger partial charge in [-0.05, 0) is 71.8 Å². The van der Waals surface area contributed by atoms with E-state index in [1.165, 1.54) is 17.3 Å². The fraction of sp³-hybridized carbons (Fsp3) is 0.250. The third kappa shape index (κ3) is 4.64. The maximum Gasteiger partial charge on any atom is 0.224 e. The molecule has 0 bridgehead atoms. The molecule has 0 spiro atoms. The molecule has 3 rings (SSSR count). The molecule has 3 aromatic rings. The quantitative estimate of drug-likeness (QED) is 0.486. The van der Waals surface area contributed by atoms with E-state index in [-0.39, 0.29) is 17.4 Å². The molecule has 8 heteroatoms. The molecule has 1 amide bonds. The number of carbonyl (C=O) groups is 2. The average Bonchev–Trinajstić information content (AvgIpc) is 3.17. The van der Waals surface area contributed by atoms with E-state index in [0.717, 1.165) is 11.3 Å². The Bertz CT molecular complexity index is 998. The number of anilines is 1. The molecule has 0 fully saturated rings. The van der Waals surface area contributed by atoms with E-state index < -0.39 is 0 Å². The van der Waals surface area contributed by atoms with E-state index in [0.29, 0.717) is 22.8 Å². The predicted molar refractivity (Wildman–Crippen MR) is 109 cm³/mol. The van der Waals surface area contributed by atoms with Crippen LogP contribution in [-0.2, 0) is 4.79 Å². The zero-order valence-electron chi connectivity index (χ0n) is 16.0. The van der Waals surface area contributed by atoms with Crippen LogP contribution in [0.2, 0.25) is 0 Å². The van der Waals surface area contributed by atoms with Gasteiger partial charge in [-0.15, -0.1) is 5.10 Å². The Kier molecular flexibility index (Phi) is 6.20. The number of benzene rings is 2. The number of amides is 1. The van der Waals surface area contributed by atoms with Gasteiger partial charge in [-0.1, -0.05) is 24.8 Å². The lowest BCUT2D eigenvalue weighted by atomic mass is 10.1. The van der Waals surface area contributed by atoms with Crippen molar-refractivity contribution in [1.29, 1.82) is 0 Å². The second-order valence-corrected chi connectivity index (χ2v) is 7.28. The number of aryl methyl sites for hydroxylation is 2. The number of Topliss-reactive ketones (excluding diaryl/α,β-unsaturated/α-hetero) is 1. The molecule has 2 aromatic carbocycles. The lowest BCUT2D eigenvalue weighted by molar-refractivity contribution is -0.115. The summed E-state index contributed by atoms with van der Waals surface area (Å²) in [6.45, 7) is 5.87. The fourth-order valence-electron chi connectivity index (χ4n) is 2.49. The van der Waals surface area contributed by atoms with Crippen LogP contribution >= 0.6 is 11.8 Å². The first-order valence-electron chi connectivity index (χ1n) is 8.90. The second kappa shape index (κ2) is 8.79. The molecule has 0 aliphatic heterocycles. The number of ketones is 1. The van der Waals surface area contributed by atoms with Crippen LogP contribution in [0.1, 0.15) is 34.8 Å². The van der Waals surface area contributed by atoms with Gasteiger partial charge in [0.05, 0.1) is 11.4 Å². The van der Waals surface area contributed by atoms with Crippen molar-refractivity contribution >= 4 is 29.1 Å². The van der Waals surface area contributed by atoms with Gasteiger partial charge in [0, 0.05) is 17.7 Å². The van der Waals surface area contributed by atoms with Crippen LogP contribution in [0.5, 0.6) is 0 Å². The van der Waals surface area contributed by atoms with Gasteiger partial charge in [-0.2, -0.15) is 4.68 Å². The monoisotopic (exact) mass is 395 g/mol. The molecule has 0 radical (unpaired) electrons. The highest BCUT2D eigenvalue weighted by molar-refractivity contribution is 7.99. The Morgan fingerprint density at radius 2 is 1.82 bits per heavy atom. The third-order valence-corrected chi connectivity index (χ3v) is 5.24. The molecule has 0 saturated heterocycles. The number of rotatable bonds is 7. The maximum atomic E-state index is 12.5. The number of nitrogens with one attached hydrogen (secondary N) is 1. The van der Waals surface area contributed by atoms with Gasteiger partial charge in [-0.25, -0.2) is 0 Å². The van der Waals surface area contributed by atoms with Crippen LogP contribution in [0, 0.1) is 13.8 Å². The van der Waals surface area contributed by atoms with Crippen molar-refractivity contribution in [3.8, 4) is 5.69 Å². The largest absolute Gasteiger partial charge is 0.326 e. The highest BCUT2D eigenvalue weighted by Crippen LogP contribution is 2.21. The zero-order chi connectivity index (χ0) is 20.1. The molecule has 144 valence electrons. The number of nitrogens with zero attached hydrogens (tertiary/aromatic N) is 4. The minimum atomic E-state index is -0.0622. The van der Waals surface area contributed by atoms with E-state index in [2.05, 4.69) is 20.8 Å². The standard InChI is InChI=1S/C20H21N5O2S/c1-4-19(27)21-16-8-6-15(7-9-16)18(26)12-28-20-22-23-24-25(20)17-10-5-13(2)14(3)11-17/h5-11H,4,12H2,1-3H3,(H,21,27). The van der Waals surface area contributed by atoms with E-state index in [9.17, 15) is 9.59 Å². The molecule has 1 N–H and O–H groups in total. The van der Waals surface area contributed by atoms with Crippen LogP contribution in [0.15, 0.2) is 47.6 Å². The number of carbonyl (C=O) groups excluding carboxylic acids is 2. The van der Waals surface area contributed by atoms with Gasteiger partial charge >= 0.3 is 0 Å². The lowest BCUT2D eigenvalue weighted by Gasteiger charge is -2.07. The molecule has 0 saturated carbocycles. The summed E-state index contributed by atoms with van der Waals surface area (Å²) in [5.74, 6) is 0.118. The van der Waals surface area contributed by atoms with Gasteiger partial charge in [0.15, 0.2) is 5.78 Å². The Morgan fingerprint density at radius 3 is 2.50 bits per heavy atom. The van der Waals surface area contributed by atoms with E-state index in [1.807, 2.05) is 32.0 Å². The molecule has 0 atom stereocenters. The second-order valence-electron chi connectivity index (χ2n) is 6.33. The SMILES string of the molecule is CCC(=O)Nc1ccc(C(=O)CSc2nnnn2-c2ccc(C)c(C)c2)cc1. The smallest absolute Gasteiger partial charge is 0.224 e. The lowest BCUT2D eigenvalue weighted by Crippen LogP contribution is -2.10. The van der Waals surface area contributed by atoms with Gasteiger partial charge < -0.3 is 5.32 Å². The van der Waals surface area contributed by atoms with Gasteiger partial charge in [0.2, 0.25) is 11.1 Å². The molecule has 0 aliphatic carbocycles. The predicted octanol–water partition coefficient (Wildman–Crippen LogP) is 3.60. The topological polar surface area (TPSA) is 89.8 Å². The Balaban J connectivity index is 1.66. The molecular weight excluding hydrogens is 374 g/mol. The summed E-state index contributed by atoms with van der Waals surface area (Å²) in [5.41, 5.74) is 4.45. The van der Waals surface area contributed by atoms with Crippen molar-refractivity contribution in [1.82, 2.24) is 20.2 Å². The Labute approximate surface area is 167 Å². The highest BCUT2D eigenvalue weighted by atomic mass is 32.2. The highest BCUT2D eigenvalue weighted by Gasteiger charge is 2.13. The summed E-state index contributed by atoms with van der Waals surface area (Å²) in [6.07, 6.45) is 0.409. The fourth-order valence-corrected chi connectivity index (χ4v) is 3.28. The van der Waals surface area contributed by atoms with Gasteiger partial charge in [-0.3, -0.25) is 9.59 Å². The zero-order valence-corrected chi connectivity index (χ0v) is 16.8. The molecule has 28 heavy (non-hydrogen) atoms. The minimum Gasteiger partial charge on any atom is -0.326 e. The van der Waals surface area contributed by atoms with Crippen LogP contribution in [-0.4, -0.2) is 37.7 Å². The maximum absolute atomic E-state index is 12.5. The van der Waals surface area contributed by atoms with E-state index in [4.69, 9.17) is 0 Å². The first-order chi connectivity index (χ1) is 13.5. The van der Waals surface area contributed by atoms with Crippen molar-refractivity contribution in [2.45, 2.75) is 32.3 Å². The molecule has 1 aromatic heterocycles. The van der Waals surface area contributed by atoms with Gasteiger partial charge in [0.25, 0.3) is 0 Å². The van der Waals surface area contributed by atoms with Crippen molar-refractivity contribution in [3.63, 3.8) is 0 Å². The summed E-state index contributed by atoms with van der Waals surface area (Å²) in [4.78, 5) is 23.9. The summed E-state index contributed by atoms with van der Waals surface area (Å²) in [6, 6.07) is 12.9. The number of thioether (sulfide) groups is 1. The Hall–Kier alpha value is -3.00. The Morgan fingerprint density at radius 1 is 1.07 bits per heavy atom. The van der Waals surface area contributed by atoms with Crippen LogP contribution in [0.3, 0.4) is 0 Å². The van der Waals surface area contributed by atoms with Gasteiger partial charge in [0.1, 0.15) is 0 Å². The normalized spacial score (nSPS) is 10.7. The summed E-state index contributed by atoms with van der Waals surface area (Å²) < 4.78 is 1.63. The minimum absolute atomic E-state index is 0.0343. The molecule has 7 nitrogen and oxygen atoms in total. The van der Waals surface area contributed by atoms with Crippen LogP contribution in [0.4, 0.5) is 5.69 Å². The third-order valence-electron chi connectivity index (χ3n) is 4.32. The van der Waals surface area contributed by atoms with Crippen LogP contribution < -0.4 is 5.32 Å². The molecular formula is C20H21N5O2S. The molecule has 0 aliphatic rings. The first-order valence-corrected chi connectivity index (χ1v) is 9.88. The number of tetrazole rings is 1. The van der Waals surface area contributed by atoms with Crippen molar-refractivity contribution in [2.24, 2.45) is 0 Å². The number of hydrogen-bond donors (Lipinski definition) is 1. The van der Waals surface area contributed by atoms with Crippen LogP contribution in [0.25, 0.3) is 5.69 Å². The number of hydrogen-bond acceptors (Lipinski definition) is 6. The van der Waals surface area contributed by atoms with E-state index >= 15 is 0 Å². The molecule has 1 heterocycles. The molecule has 0 unspecified atom stereocenters.